The van der Waals surface area contributed by atoms with Crippen LogP contribution in [-0.4, -0.2) is 33.6 Å². The maximum Gasteiger partial charge on any atom is 0.348 e. The van der Waals surface area contributed by atoms with E-state index in [2.05, 4.69) is 10.2 Å². The summed E-state index contributed by atoms with van der Waals surface area (Å²) in [7, 11) is 1.28. The van der Waals surface area contributed by atoms with Crippen molar-refractivity contribution in [3.8, 4) is 5.00 Å². The van der Waals surface area contributed by atoms with E-state index in [-0.39, 0.29) is 17.2 Å². The predicted molar refractivity (Wildman–Crippen MR) is 98.1 cm³/mol. The molecule has 0 unspecified atom stereocenters. The highest BCUT2D eigenvalue weighted by Crippen LogP contribution is 2.32. The summed E-state index contributed by atoms with van der Waals surface area (Å²) in [5, 5.41) is 8.86. The summed E-state index contributed by atoms with van der Waals surface area (Å²) in [5.41, 5.74) is 6.38. The zero-order valence-electron chi connectivity index (χ0n) is 14.0. The van der Waals surface area contributed by atoms with Crippen LogP contribution in [0.25, 0.3) is 5.00 Å². The topological polar surface area (TPSA) is 100 Å². The Bertz CT molecular complexity index is 996. The minimum absolute atomic E-state index is 0.131. The van der Waals surface area contributed by atoms with Gasteiger partial charge in [-0.15, -0.1) is 21.5 Å². The van der Waals surface area contributed by atoms with Gasteiger partial charge in [0.05, 0.1) is 24.2 Å². The van der Waals surface area contributed by atoms with Crippen LogP contribution in [0.1, 0.15) is 37.2 Å². The molecular weight excluding hydrogens is 376 g/mol. The number of methoxy groups -OCH3 is 1. The van der Waals surface area contributed by atoms with Crippen LogP contribution in [0.4, 0.5) is 0 Å². The number of esters is 1. The van der Waals surface area contributed by atoms with Gasteiger partial charge in [-0.3, -0.25) is 9.36 Å². The number of ketones is 1. The van der Waals surface area contributed by atoms with Crippen molar-refractivity contribution in [3.05, 3.63) is 63.0 Å². The summed E-state index contributed by atoms with van der Waals surface area (Å²) >= 11 is 7.28. The molecule has 0 aliphatic rings. The highest BCUT2D eigenvalue weighted by molar-refractivity contribution is 7.16. The fraction of sp³-hybridized carbons (Fsp3) is 0.176. The van der Waals surface area contributed by atoms with Gasteiger partial charge in [0.25, 0.3) is 0 Å². The van der Waals surface area contributed by atoms with Gasteiger partial charge in [0.2, 0.25) is 0 Å². The number of benzene rings is 1. The number of thiophene rings is 1. The molecule has 26 heavy (non-hydrogen) atoms. The molecule has 3 rings (SSSR count). The van der Waals surface area contributed by atoms with Crippen LogP contribution in [0, 0.1) is 6.92 Å². The highest BCUT2D eigenvalue weighted by atomic mass is 35.5. The van der Waals surface area contributed by atoms with E-state index >= 15 is 0 Å². The number of nitrogens with two attached hydrogens (primary N) is 1. The van der Waals surface area contributed by atoms with Crippen molar-refractivity contribution in [2.24, 2.45) is 5.73 Å². The average Bonchev–Trinajstić information content (AvgIpc) is 3.24. The molecule has 0 fully saturated rings. The van der Waals surface area contributed by atoms with Gasteiger partial charge in [0.15, 0.2) is 11.6 Å². The van der Waals surface area contributed by atoms with E-state index < -0.39 is 5.97 Å². The molecule has 0 radical (unpaired) electrons. The average molecular weight is 391 g/mol. The SMILES string of the molecule is COC(=O)c1cc(C(=O)c2ccccc2Cl)c(-n2c(C)nnc2CN)s1. The maximum atomic E-state index is 13.1. The second kappa shape index (κ2) is 7.36. The van der Waals surface area contributed by atoms with Crippen LogP contribution >= 0.6 is 22.9 Å². The van der Waals surface area contributed by atoms with Crippen molar-refractivity contribution in [1.29, 1.82) is 0 Å². The molecule has 9 heteroatoms. The Morgan fingerprint density at radius 3 is 2.65 bits per heavy atom. The Kier molecular flexibility index (Phi) is 5.17. The van der Waals surface area contributed by atoms with Gasteiger partial charge in [0.1, 0.15) is 15.7 Å². The van der Waals surface area contributed by atoms with Gasteiger partial charge in [-0.2, -0.15) is 0 Å². The lowest BCUT2D eigenvalue weighted by molar-refractivity contribution is 0.0606. The van der Waals surface area contributed by atoms with E-state index in [1.165, 1.54) is 13.2 Å². The molecule has 1 aromatic carbocycles. The molecule has 3 aromatic rings. The van der Waals surface area contributed by atoms with E-state index in [0.717, 1.165) is 11.3 Å². The number of rotatable bonds is 5. The van der Waals surface area contributed by atoms with E-state index in [1.54, 1.807) is 35.8 Å². The first-order chi connectivity index (χ1) is 12.5. The fourth-order valence-corrected chi connectivity index (χ4v) is 3.87. The first-order valence-electron chi connectivity index (χ1n) is 7.60. The molecule has 2 aromatic heterocycles. The van der Waals surface area contributed by atoms with Crippen LogP contribution in [0.5, 0.6) is 0 Å². The van der Waals surface area contributed by atoms with Crippen LogP contribution in [0.15, 0.2) is 30.3 Å². The molecule has 134 valence electrons. The van der Waals surface area contributed by atoms with Crippen molar-refractivity contribution in [2.45, 2.75) is 13.5 Å². The molecule has 7 nitrogen and oxygen atoms in total. The quantitative estimate of drug-likeness (QED) is 0.531. The molecule has 0 amide bonds. The van der Waals surface area contributed by atoms with Gasteiger partial charge >= 0.3 is 5.97 Å². The maximum absolute atomic E-state index is 13.1. The lowest BCUT2D eigenvalue weighted by Crippen LogP contribution is -2.11. The highest BCUT2D eigenvalue weighted by Gasteiger charge is 2.25. The van der Waals surface area contributed by atoms with Gasteiger partial charge in [-0.25, -0.2) is 4.79 Å². The molecule has 0 aliphatic heterocycles. The third-order valence-corrected chi connectivity index (χ3v) is 5.17. The number of hydrogen-bond donors (Lipinski definition) is 1. The summed E-state index contributed by atoms with van der Waals surface area (Å²) in [6.07, 6.45) is 0. The number of carbonyl (C=O) groups excluding carboxylic acids is 2. The number of nitrogens with zero attached hydrogens (tertiary/aromatic N) is 3. The monoisotopic (exact) mass is 390 g/mol. The third-order valence-electron chi connectivity index (χ3n) is 3.74. The zero-order chi connectivity index (χ0) is 18.8. The van der Waals surface area contributed by atoms with Crippen LogP contribution < -0.4 is 5.73 Å². The third kappa shape index (κ3) is 3.14. The van der Waals surface area contributed by atoms with Crippen molar-refractivity contribution >= 4 is 34.7 Å². The lowest BCUT2D eigenvalue weighted by Gasteiger charge is -2.08. The van der Waals surface area contributed by atoms with Gasteiger partial charge in [0, 0.05) is 5.56 Å². The minimum atomic E-state index is -0.533. The first kappa shape index (κ1) is 18.2. The summed E-state index contributed by atoms with van der Waals surface area (Å²) in [6, 6.07) is 8.23. The standard InChI is InChI=1S/C17H15ClN4O3S/c1-9-20-21-14(8-19)22(9)16-11(7-13(26-16)17(24)25-2)15(23)10-5-3-4-6-12(10)18/h3-7H,8,19H2,1-2H3. The van der Waals surface area contributed by atoms with Crippen molar-refractivity contribution in [3.63, 3.8) is 0 Å². The van der Waals surface area contributed by atoms with Crippen LogP contribution in [-0.2, 0) is 11.3 Å². The molecule has 0 bridgehead atoms. The normalized spacial score (nSPS) is 10.8. The van der Waals surface area contributed by atoms with Gasteiger partial charge in [-0.05, 0) is 25.1 Å². The molecular formula is C17H15ClN4O3S. The van der Waals surface area contributed by atoms with E-state index in [4.69, 9.17) is 22.1 Å². The largest absolute Gasteiger partial charge is 0.465 e. The number of aromatic nitrogens is 3. The van der Waals surface area contributed by atoms with Gasteiger partial charge < -0.3 is 10.5 Å². The Hall–Kier alpha value is -2.55. The van der Waals surface area contributed by atoms with Gasteiger partial charge in [-0.1, -0.05) is 23.7 Å². The van der Waals surface area contributed by atoms with E-state index in [9.17, 15) is 9.59 Å². The smallest absolute Gasteiger partial charge is 0.348 e. The second-order valence-corrected chi connectivity index (χ2v) is 6.77. The molecule has 2 heterocycles. The minimum Gasteiger partial charge on any atom is -0.465 e. The van der Waals surface area contributed by atoms with E-state index in [0.29, 0.717) is 32.8 Å². The molecule has 0 atom stereocenters. The Morgan fingerprint density at radius 1 is 1.27 bits per heavy atom. The summed E-state index contributed by atoms with van der Waals surface area (Å²) in [4.78, 5) is 25.4. The molecule has 0 spiro atoms. The number of halogens is 1. The predicted octanol–water partition coefficient (Wildman–Crippen LogP) is 2.77. The molecule has 2 N–H and O–H groups in total. The molecule has 0 aliphatic carbocycles. The number of ether oxygens (including phenoxy) is 1. The Balaban J connectivity index is 2.23. The lowest BCUT2D eigenvalue weighted by atomic mass is 10.0. The first-order valence-corrected chi connectivity index (χ1v) is 8.80. The van der Waals surface area contributed by atoms with E-state index in [1.807, 2.05) is 0 Å². The van der Waals surface area contributed by atoms with Crippen LogP contribution in [0.2, 0.25) is 5.02 Å². The molecule has 0 saturated carbocycles. The fourth-order valence-electron chi connectivity index (χ4n) is 2.50. The number of aryl methyl sites for hydroxylation is 1. The zero-order valence-corrected chi connectivity index (χ0v) is 15.6. The summed E-state index contributed by atoms with van der Waals surface area (Å²) in [5.74, 6) is 0.188. The Morgan fingerprint density at radius 2 is 2.00 bits per heavy atom. The molecule has 0 saturated heterocycles. The second-order valence-electron chi connectivity index (χ2n) is 5.33. The summed E-state index contributed by atoms with van der Waals surface area (Å²) < 4.78 is 6.45. The van der Waals surface area contributed by atoms with Crippen molar-refractivity contribution in [1.82, 2.24) is 14.8 Å². The number of carbonyl (C=O) groups is 2. The van der Waals surface area contributed by atoms with Crippen molar-refractivity contribution in [2.75, 3.05) is 7.11 Å². The number of hydrogen-bond acceptors (Lipinski definition) is 7. The summed E-state index contributed by atoms with van der Waals surface area (Å²) in [6.45, 7) is 1.87. The van der Waals surface area contributed by atoms with Crippen LogP contribution in [0.3, 0.4) is 0 Å². The Labute approximate surface area is 158 Å². The van der Waals surface area contributed by atoms with Crippen molar-refractivity contribution < 1.29 is 14.3 Å².